The lowest BCUT2D eigenvalue weighted by Gasteiger charge is -2.18. The summed E-state index contributed by atoms with van der Waals surface area (Å²) in [5.41, 5.74) is 1.62. The zero-order valence-electron chi connectivity index (χ0n) is 13.1. The minimum absolute atomic E-state index is 0.00578. The lowest BCUT2D eigenvalue weighted by Crippen LogP contribution is -3.05. The molecule has 2 aromatic rings. The van der Waals surface area contributed by atoms with E-state index in [1.807, 2.05) is 5.38 Å². The summed E-state index contributed by atoms with van der Waals surface area (Å²) in [6, 6.07) is 6.22. The van der Waals surface area contributed by atoms with Crippen LogP contribution in [-0.4, -0.2) is 38.1 Å². The number of aromatic nitrogens is 1. The molecule has 1 heterocycles. The Kier molecular flexibility index (Phi) is 5.63. The molecule has 0 aliphatic rings. The lowest BCUT2D eigenvalue weighted by atomic mass is 10.2. The predicted octanol–water partition coefficient (Wildman–Crippen LogP) is 1.84. The number of benzene rings is 1. The molecular formula is C16H21FN3OS+. The lowest BCUT2D eigenvalue weighted by molar-refractivity contribution is -0.858. The molecule has 1 aromatic carbocycles. The van der Waals surface area contributed by atoms with E-state index in [4.69, 9.17) is 0 Å². The van der Waals surface area contributed by atoms with Crippen molar-refractivity contribution < 1.29 is 14.1 Å². The highest BCUT2D eigenvalue weighted by Crippen LogP contribution is 2.27. The molecular weight excluding hydrogens is 301 g/mol. The van der Waals surface area contributed by atoms with Gasteiger partial charge in [0.25, 0.3) is 0 Å². The van der Waals surface area contributed by atoms with Gasteiger partial charge >= 0.3 is 0 Å². The van der Waals surface area contributed by atoms with Gasteiger partial charge in [0.15, 0.2) is 5.13 Å². The van der Waals surface area contributed by atoms with Crippen molar-refractivity contribution in [3.8, 4) is 11.3 Å². The third-order valence-electron chi connectivity index (χ3n) is 3.30. The van der Waals surface area contributed by atoms with E-state index < -0.39 is 0 Å². The standard InChI is InChI=1S/C16H20FN3OS/c1-12(21)20(10-4-9-19(2)3)16-18-15(11-22-16)13-5-7-14(17)8-6-13/h5-8,11H,4,9-10H2,1-3H3/p+1. The number of halogens is 1. The Balaban J connectivity index is 2.12. The Hall–Kier alpha value is -1.79. The number of hydrogen-bond donors (Lipinski definition) is 1. The van der Waals surface area contributed by atoms with E-state index in [1.54, 1.807) is 24.0 Å². The SMILES string of the molecule is CC(=O)N(CCC[NH+](C)C)c1nc(-c2ccc(F)cc2)cs1. The van der Waals surface area contributed by atoms with Crippen molar-refractivity contribution in [2.45, 2.75) is 13.3 Å². The van der Waals surface area contributed by atoms with Gasteiger partial charge in [-0.05, 0) is 24.3 Å². The molecule has 6 heteroatoms. The summed E-state index contributed by atoms with van der Waals surface area (Å²) in [5.74, 6) is -0.274. The van der Waals surface area contributed by atoms with Crippen LogP contribution in [0.3, 0.4) is 0 Å². The molecule has 0 fully saturated rings. The zero-order chi connectivity index (χ0) is 16.1. The Morgan fingerprint density at radius 2 is 2.00 bits per heavy atom. The van der Waals surface area contributed by atoms with Crippen LogP contribution in [0, 0.1) is 5.82 Å². The Morgan fingerprint density at radius 1 is 1.32 bits per heavy atom. The van der Waals surface area contributed by atoms with Crippen LogP contribution in [0.15, 0.2) is 29.6 Å². The summed E-state index contributed by atoms with van der Waals surface area (Å²) in [6.45, 7) is 3.22. The van der Waals surface area contributed by atoms with Gasteiger partial charge in [-0.1, -0.05) is 0 Å². The average Bonchev–Trinajstić information content (AvgIpc) is 2.93. The highest BCUT2D eigenvalue weighted by Gasteiger charge is 2.16. The number of anilines is 1. The van der Waals surface area contributed by atoms with E-state index in [0.29, 0.717) is 11.7 Å². The molecule has 0 aliphatic heterocycles. The van der Waals surface area contributed by atoms with Gasteiger partial charge in [-0.15, -0.1) is 11.3 Å². The second-order valence-electron chi connectivity index (χ2n) is 5.50. The molecule has 0 saturated carbocycles. The van der Waals surface area contributed by atoms with Gasteiger partial charge in [0, 0.05) is 30.8 Å². The molecule has 0 spiro atoms. The van der Waals surface area contributed by atoms with Crippen molar-refractivity contribution in [2.75, 3.05) is 32.1 Å². The number of nitrogens with zero attached hydrogens (tertiary/aromatic N) is 2. The van der Waals surface area contributed by atoms with Gasteiger partial charge in [0.05, 0.1) is 26.3 Å². The molecule has 0 bridgehead atoms. The molecule has 0 radical (unpaired) electrons. The number of quaternary nitrogens is 1. The molecule has 4 nitrogen and oxygen atoms in total. The van der Waals surface area contributed by atoms with E-state index in [1.165, 1.54) is 28.4 Å². The summed E-state index contributed by atoms with van der Waals surface area (Å²) in [7, 11) is 4.18. The first-order valence-electron chi connectivity index (χ1n) is 7.26. The van der Waals surface area contributed by atoms with E-state index in [9.17, 15) is 9.18 Å². The largest absolute Gasteiger partial charge is 0.340 e. The number of thiazole rings is 1. The van der Waals surface area contributed by atoms with Crippen molar-refractivity contribution >= 4 is 22.4 Å². The van der Waals surface area contributed by atoms with E-state index in [-0.39, 0.29) is 11.7 Å². The minimum atomic E-state index is -0.268. The van der Waals surface area contributed by atoms with Crippen LogP contribution < -0.4 is 9.80 Å². The van der Waals surface area contributed by atoms with Crippen LogP contribution >= 0.6 is 11.3 Å². The van der Waals surface area contributed by atoms with Gasteiger partial charge in [0.1, 0.15) is 5.82 Å². The fraction of sp³-hybridized carbons (Fsp3) is 0.375. The Morgan fingerprint density at radius 3 is 2.59 bits per heavy atom. The maximum absolute atomic E-state index is 13.0. The molecule has 0 unspecified atom stereocenters. The Labute approximate surface area is 134 Å². The summed E-state index contributed by atoms with van der Waals surface area (Å²) in [6.07, 6.45) is 0.924. The molecule has 118 valence electrons. The first kappa shape index (κ1) is 16.6. The third kappa shape index (κ3) is 4.35. The van der Waals surface area contributed by atoms with Gasteiger partial charge in [-0.3, -0.25) is 9.69 Å². The number of rotatable bonds is 6. The van der Waals surface area contributed by atoms with E-state index >= 15 is 0 Å². The van der Waals surface area contributed by atoms with Crippen LogP contribution in [0.4, 0.5) is 9.52 Å². The molecule has 0 saturated heterocycles. The zero-order valence-corrected chi connectivity index (χ0v) is 13.9. The molecule has 1 aromatic heterocycles. The van der Waals surface area contributed by atoms with Gasteiger partial charge in [-0.2, -0.15) is 0 Å². The molecule has 0 aliphatic carbocycles. The van der Waals surface area contributed by atoms with Crippen LogP contribution in [0.2, 0.25) is 0 Å². The van der Waals surface area contributed by atoms with Crippen molar-refractivity contribution in [2.24, 2.45) is 0 Å². The summed E-state index contributed by atoms with van der Waals surface area (Å²) in [4.78, 5) is 19.4. The topological polar surface area (TPSA) is 37.6 Å². The van der Waals surface area contributed by atoms with Crippen molar-refractivity contribution in [3.63, 3.8) is 0 Å². The fourth-order valence-corrected chi connectivity index (χ4v) is 3.02. The monoisotopic (exact) mass is 322 g/mol. The van der Waals surface area contributed by atoms with Gasteiger partial charge in [0.2, 0.25) is 5.91 Å². The second-order valence-corrected chi connectivity index (χ2v) is 6.34. The second kappa shape index (κ2) is 7.47. The number of carbonyl (C=O) groups is 1. The summed E-state index contributed by atoms with van der Waals surface area (Å²) in [5, 5.41) is 2.59. The number of amides is 1. The van der Waals surface area contributed by atoms with Crippen molar-refractivity contribution in [3.05, 3.63) is 35.5 Å². The minimum Gasteiger partial charge on any atom is -0.340 e. The quantitative estimate of drug-likeness (QED) is 0.881. The van der Waals surface area contributed by atoms with Crippen LogP contribution in [0.25, 0.3) is 11.3 Å². The highest BCUT2D eigenvalue weighted by molar-refractivity contribution is 7.14. The molecule has 1 N–H and O–H groups in total. The molecule has 2 rings (SSSR count). The maximum Gasteiger partial charge on any atom is 0.225 e. The van der Waals surface area contributed by atoms with Crippen molar-refractivity contribution in [1.29, 1.82) is 0 Å². The highest BCUT2D eigenvalue weighted by atomic mass is 32.1. The summed E-state index contributed by atoms with van der Waals surface area (Å²) < 4.78 is 13.0. The summed E-state index contributed by atoms with van der Waals surface area (Å²) >= 11 is 1.44. The number of hydrogen-bond acceptors (Lipinski definition) is 3. The first-order chi connectivity index (χ1) is 10.5. The third-order valence-corrected chi connectivity index (χ3v) is 4.17. The fourth-order valence-electron chi connectivity index (χ4n) is 2.12. The van der Waals surface area contributed by atoms with Crippen LogP contribution in [0.1, 0.15) is 13.3 Å². The normalized spacial score (nSPS) is 11.0. The van der Waals surface area contributed by atoms with E-state index in [0.717, 1.165) is 24.2 Å². The van der Waals surface area contributed by atoms with E-state index in [2.05, 4.69) is 19.1 Å². The average molecular weight is 322 g/mol. The molecule has 1 amide bonds. The smallest absolute Gasteiger partial charge is 0.225 e. The number of nitrogens with one attached hydrogen (secondary N) is 1. The maximum atomic E-state index is 13.0. The first-order valence-corrected chi connectivity index (χ1v) is 8.14. The van der Waals surface area contributed by atoms with Crippen LogP contribution in [-0.2, 0) is 4.79 Å². The number of carbonyl (C=O) groups excluding carboxylic acids is 1. The van der Waals surface area contributed by atoms with Gasteiger partial charge in [-0.25, -0.2) is 9.37 Å². The van der Waals surface area contributed by atoms with Crippen LogP contribution in [0.5, 0.6) is 0 Å². The van der Waals surface area contributed by atoms with Crippen molar-refractivity contribution in [1.82, 2.24) is 4.98 Å². The van der Waals surface area contributed by atoms with Gasteiger partial charge < -0.3 is 4.90 Å². The molecule has 0 atom stereocenters. The Bertz CT molecular complexity index is 625. The predicted molar refractivity (Wildman–Crippen MR) is 87.8 cm³/mol. The molecule has 22 heavy (non-hydrogen) atoms.